The Hall–Kier alpha value is -2.88. The van der Waals surface area contributed by atoms with Gasteiger partial charge >= 0.3 is 0 Å². The lowest BCUT2D eigenvalue weighted by Crippen LogP contribution is -2.44. The van der Waals surface area contributed by atoms with Crippen molar-refractivity contribution in [1.82, 2.24) is 0 Å². The molecule has 0 N–H and O–H groups in total. The molecule has 0 saturated carbocycles. The number of ketones is 1. The van der Waals surface area contributed by atoms with Crippen molar-refractivity contribution < 1.29 is 14.3 Å². The Bertz CT molecular complexity index is 1060. The summed E-state index contributed by atoms with van der Waals surface area (Å²) in [4.78, 5) is 28.8. The molecule has 1 heterocycles. The fraction of sp³-hybridized carbons (Fsp3) is 0.407. The highest BCUT2D eigenvalue weighted by Crippen LogP contribution is 2.48. The van der Waals surface area contributed by atoms with Crippen LogP contribution in [0.3, 0.4) is 0 Å². The van der Waals surface area contributed by atoms with E-state index in [1.165, 1.54) is 0 Å². The molecular formula is C27H31NO3. The maximum atomic E-state index is 13.5. The van der Waals surface area contributed by atoms with Gasteiger partial charge in [-0.3, -0.25) is 14.5 Å². The number of carbonyl (C=O) groups is 2. The normalized spacial score (nSPS) is 20.7. The van der Waals surface area contributed by atoms with Crippen LogP contribution in [0.1, 0.15) is 62.6 Å². The number of Topliss-reactive ketones (excluding diaryl/α,β-unsaturated/α-hetero) is 1. The van der Waals surface area contributed by atoms with E-state index >= 15 is 0 Å². The first-order valence-electron chi connectivity index (χ1n) is 11.1. The van der Waals surface area contributed by atoms with E-state index in [-0.39, 0.29) is 23.0 Å². The zero-order chi connectivity index (χ0) is 22.3. The summed E-state index contributed by atoms with van der Waals surface area (Å²) in [5.41, 5.74) is 5.55. The lowest BCUT2D eigenvalue weighted by atomic mass is 9.69. The minimum absolute atomic E-state index is 0.0526. The molecule has 0 radical (unpaired) electrons. The molecule has 1 aliphatic carbocycles. The van der Waals surface area contributed by atoms with Crippen molar-refractivity contribution in [2.45, 2.75) is 59.8 Å². The summed E-state index contributed by atoms with van der Waals surface area (Å²) in [7, 11) is 0. The van der Waals surface area contributed by atoms with Crippen LogP contribution in [-0.4, -0.2) is 18.3 Å². The number of allylic oxidation sites excluding steroid dienone is 2. The van der Waals surface area contributed by atoms with Gasteiger partial charge in [0.2, 0.25) is 5.91 Å². The Balaban J connectivity index is 1.86. The van der Waals surface area contributed by atoms with Crippen LogP contribution in [-0.2, 0) is 9.59 Å². The maximum Gasteiger partial charge on any atom is 0.232 e. The van der Waals surface area contributed by atoms with Gasteiger partial charge in [0.05, 0.1) is 12.3 Å². The van der Waals surface area contributed by atoms with E-state index < -0.39 is 0 Å². The average Bonchev–Trinajstić information content (AvgIpc) is 2.69. The van der Waals surface area contributed by atoms with E-state index in [9.17, 15) is 9.59 Å². The van der Waals surface area contributed by atoms with E-state index in [2.05, 4.69) is 26.0 Å². The Morgan fingerprint density at radius 1 is 1.03 bits per heavy atom. The molecule has 0 spiro atoms. The molecule has 1 atom stereocenters. The third kappa shape index (κ3) is 4.04. The molecule has 4 nitrogen and oxygen atoms in total. The van der Waals surface area contributed by atoms with Crippen LogP contribution in [0.5, 0.6) is 5.75 Å². The molecule has 1 amide bonds. The van der Waals surface area contributed by atoms with E-state index in [0.717, 1.165) is 39.4 Å². The molecular weight excluding hydrogens is 386 g/mol. The molecule has 0 fully saturated rings. The van der Waals surface area contributed by atoms with Crippen LogP contribution < -0.4 is 9.64 Å². The van der Waals surface area contributed by atoms with Gasteiger partial charge in [0.25, 0.3) is 0 Å². The standard InChI is InChI=1S/C27H31NO3/c1-6-31-20-11-9-19(10-12-20)21-14-25(30)28(22-13-17(2)7-8-18(22)3)23-15-27(4,5)16-24(29)26(21)23/h7-13,21H,6,14-16H2,1-5H3. The molecule has 2 aromatic carbocycles. The number of hydrogen-bond donors (Lipinski definition) is 0. The van der Waals surface area contributed by atoms with Gasteiger partial charge in [-0.15, -0.1) is 0 Å². The molecule has 2 aliphatic rings. The van der Waals surface area contributed by atoms with Crippen molar-refractivity contribution in [2.75, 3.05) is 11.5 Å². The van der Waals surface area contributed by atoms with Crippen LogP contribution in [0.4, 0.5) is 5.69 Å². The van der Waals surface area contributed by atoms with Gasteiger partial charge in [-0.25, -0.2) is 0 Å². The van der Waals surface area contributed by atoms with Crippen LogP contribution in [0.25, 0.3) is 0 Å². The highest BCUT2D eigenvalue weighted by atomic mass is 16.5. The van der Waals surface area contributed by atoms with E-state index in [4.69, 9.17) is 4.74 Å². The van der Waals surface area contributed by atoms with Crippen LogP contribution >= 0.6 is 0 Å². The van der Waals surface area contributed by atoms with Crippen molar-refractivity contribution in [3.05, 3.63) is 70.4 Å². The fourth-order valence-electron chi connectivity index (χ4n) is 4.90. The van der Waals surface area contributed by atoms with Gasteiger partial charge in [0.15, 0.2) is 5.78 Å². The second kappa shape index (κ2) is 7.99. The molecule has 162 valence electrons. The van der Waals surface area contributed by atoms with Gasteiger partial charge in [0.1, 0.15) is 5.75 Å². The maximum absolute atomic E-state index is 13.5. The summed E-state index contributed by atoms with van der Waals surface area (Å²) in [6, 6.07) is 14.0. The predicted molar refractivity (Wildman–Crippen MR) is 123 cm³/mol. The number of carbonyl (C=O) groups excluding carboxylic acids is 2. The molecule has 31 heavy (non-hydrogen) atoms. The van der Waals surface area contributed by atoms with Crippen LogP contribution in [0.2, 0.25) is 0 Å². The van der Waals surface area contributed by atoms with Crippen molar-refractivity contribution in [2.24, 2.45) is 5.41 Å². The minimum Gasteiger partial charge on any atom is -0.494 e. The van der Waals surface area contributed by atoms with Crippen LogP contribution in [0, 0.1) is 19.3 Å². The number of hydrogen-bond acceptors (Lipinski definition) is 3. The smallest absolute Gasteiger partial charge is 0.232 e. The summed E-state index contributed by atoms with van der Waals surface area (Å²) in [6.45, 7) is 10.8. The lowest BCUT2D eigenvalue weighted by Gasteiger charge is -2.43. The second-order valence-electron chi connectivity index (χ2n) is 9.58. The monoisotopic (exact) mass is 417 g/mol. The molecule has 0 bridgehead atoms. The number of nitrogens with zero attached hydrogens (tertiary/aromatic N) is 1. The molecule has 1 unspecified atom stereocenters. The van der Waals surface area contributed by atoms with Gasteiger partial charge < -0.3 is 4.74 Å². The summed E-state index contributed by atoms with van der Waals surface area (Å²) >= 11 is 0. The third-order valence-electron chi connectivity index (χ3n) is 6.34. The first kappa shape index (κ1) is 21.4. The summed E-state index contributed by atoms with van der Waals surface area (Å²) in [5.74, 6) is 0.809. The highest BCUT2D eigenvalue weighted by Gasteiger charge is 2.44. The first-order valence-corrected chi connectivity index (χ1v) is 11.1. The largest absolute Gasteiger partial charge is 0.494 e. The number of benzene rings is 2. The number of rotatable bonds is 4. The Labute approximate surface area is 184 Å². The quantitative estimate of drug-likeness (QED) is 0.625. The van der Waals surface area contributed by atoms with Crippen molar-refractivity contribution in [3.63, 3.8) is 0 Å². The first-order chi connectivity index (χ1) is 14.7. The van der Waals surface area contributed by atoms with Crippen molar-refractivity contribution in [1.29, 1.82) is 0 Å². The SMILES string of the molecule is CCOc1ccc(C2CC(=O)N(c3cc(C)ccc3C)C3=C2C(=O)CC(C)(C)C3)cc1. The van der Waals surface area contributed by atoms with Crippen LogP contribution in [0.15, 0.2) is 53.7 Å². The second-order valence-corrected chi connectivity index (χ2v) is 9.58. The number of aryl methyl sites for hydroxylation is 2. The van der Waals surface area contributed by atoms with Gasteiger partial charge in [0, 0.05) is 30.0 Å². The number of anilines is 1. The Morgan fingerprint density at radius 2 is 1.74 bits per heavy atom. The lowest BCUT2D eigenvalue weighted by molar-refractivity contribution is -0.121. The molecule has 4 rings (SSSR count). The molecule has 1 aliphatic heterocycles. The minimum atomic E-state index is -0.205. The van der Waals surface area contributed by atoms with Gasteiger partial charge in [-0.05, 0) is 67.5 Å². The number of amides is 1. The summed E-state index contributed by atoms with van der Waals surface area (Å²) in [5, 5.41) is 0. The van der Waals surface area contributed by atoms with E-state index in [1.54, 1.807) is 0 Å². The zero-order valence-electron chi connectivity index (χ0n) is 19.1. The molecule has 0 saturated heterocycles. The molecule has 2 aromatic rings. The topological polar surface area (TPSA) is 46.6 Å². The zero-order valence-corrected chi connectivity index (χ0v) is 19.1. The highest BCUT2D eigenvalue weighted by molar-refractivity contribution is 6.08. The third-order valence-corrected chi connectivity index (χ3v) is 6.34. The fourth-order valence-corrected chi connectivity index (χ4v) is 4.90. The van der Waals surface area contributed by atoms with E-state index in [1.807, 2.05) is 56.0 Å². The molecule has 0 aromatic heterocycles. The number of ether oxygens (including phenoxy) is 1. The van der Waals surface area contributed by atoms with Crippen molar-refractivity contribution in [3.8, 4) is 5.75 Å². The predicted octanol–water partition coefficient (Wildman–Crippen LogP) is 5.87. The van der Waals surface area contributed by atoms with Gasteiger partial charge in [-0.2, -0.15) is 0 Å². The van der Waals surface area contributed by atoms with Gasteiger partial charge in [-0.1, -0.05) is 38.1 Å². The molecule has 4 heteroatoms. The Kier molecular flexibility index (Phi) is 5.50. The summed E-state index contributed by atoms with van der Waals surface area (Å²) in [6.07, 6.45) is 1.52. The average molecular weight is 418 g/mol. The van der Waals surface area contributed by atoms with E-state index in [0.29, 0.717) is 25.9 Å². The van der Waals surface area contributed by atoms with Crippen molar-refractivity contribution >= 4 is 17.4 Å². The Morgan fingerprint density at radius 3 is 2.42 bits per heavy atom. The summed E-state index contributed by atoms with van der Waals surface area (Å²) < 4.78 is 5.57.